The molecule has 0 aromatic carbocycles. The second kappa shape index (κ2) is 8.09. The van der Waals surface area contributed by atoms with Gasteiger partial charge >= 0.3 is 5.97 Å². The average molecular weight is 391 g/mol. The second-order valence-electron chi connectivity index (χ2n) is 6.84. The van der Waals surface area contributed by atoms with Gasteiger partial charge in [0.1, 0.15) is 12.0 Å². The third-order valence-electron chi connectivity index (χ3n) is 4.49. The van der Waals surface area contributed by atoms with Crippen molar-refractivity contribution in [1.29, 1.82) is 0 Å². The maximum atomic E-state index is 12.7. The van der Waals surface area contributed by atoms with E-state index >= 15 is 0 Å². The number of halogens is 1. The van der Waals surface area contributed by atoms with Crippen LogP contribution in [0.15, 0.2) is 58.1 Å². The molecule has 0 spiro atoms. The number of fused-ring (bicyclic) bond motifs is 1. The number of allylic oxidation sites excluding steroid dienone is 6. The third kappa shape index (κ3) is 4.30. The van der Waals surface area contributed by atoms with Crippen molar-refractivity contribution in [2.24, 2.45) is 5.92 Å². The molecule has 1 aliphatic heterocycles. The Labute approximate surface area is 164 Å². The van der Waals surface area contributed by atoms with Crippen LogP contribution in [0.1, 0.15) is 41.0 Å². The van der Waals surface area contributed by atoms with Crippen molar-refractivity contribution in [3.8, 4) is 0 Å². The van der Waals surface area contributed by atoms with Crippen LogP contribution in [0.4, 0.5) is 0 Å². The highest BCUT2D eigenvalue weighted by Crippen LogP contribution is 2.38. The molecule has 27 heavy (non-hydrogen) atoms. The Morgan fingerprint density at radius 3 is 2.59 bits per heavy atom. The van der Waals surface area contributed by atoms with Gasteiger partial charge in [-0.2, -0.15) is 0 Å². The molecule has 0 saturated heterocycles. The molecule has 0 aromatic rings. The predicted octanol–water partition coefficient (Wildman–Crippen LogP) is 4.30. The lowest BCUT2D eigenvalue weighted by Gasteiger charge is -2.32. The highest BCUT2D eigenvalue weighted by Gasteiger charge is 2.52. The zero-order chi connectivity index (χ0) is 20.4. The van der Waals surface area contributed by atoms with Crippen molar-refractivity contribution >= 4 is 29.1 Å². The molecule has 144 valence electrons. The molecule has 1 heterocycles. The molecule has 0 radical (unpaired) electrons. The molecule has 1 aliphatic carbocycles. The van der Waals surface area contributed by atoms with Crippen molar-refractivity contribution in [2.75, 3.05) is 0 Å². The van der Waals surface area contributed by atoms with Gasteiger partial charge in [0.15, 0.2) is 0 Å². The number of Topliss-reactive ketones (excluding diaryl/α,β-unsaturated/α-hetero) is 2. The van der Waals surface area contributed by atoms with Crippen LogP contribution in [0.3, 0.4) is 0 Å². The highest BCUT2D eigenvalue weighted by atomic mass is 35.5. The van der Waals surface area contributed by atoms with Gasteiger partial charge in [0.05, 0.1) is 10.6 Å². The number of carbonyl (C=O) groups excluding carboxylic acids is 3. The predicted molar refractivity (Wildman–Crippen MR) is 103 cm³/mol. The van der Waals surface area contributed by atoms with E-state index in [1.54, 1.807) is 6.08 Å². The van der Waals surface area contributed by atoms with Gasteiger partial charge < -0.3 is 9.47 Å². The van der Waals surface area contributed by atoms with Gasteiger partial charge in [-0.3, -0.25) is 14.4 Å². The lowest BCUT2D eigenvalue weighted by Crippen LogP contribution is -2.51. The van der Waals surface area contributed by atoms with Crippen LogP contribution in [-0.2, 0) is 23.9 Å². The van der Waals surface area contributed by atoms with E-state index in [1.165, 1.54) is 19.3 Å². The molecule has 2 rings (SSSR count). The van der Waals surface area contributed by atoms with Crippen LogP contribution in [0.25, 0.3) is 0 Å². The van der Waals surface area contributed by atoms with Gasteiger partial charge in [-0.1, -0.05) is 49.6 Å². The first-order valence-corrected chi connectivity index (χ1v) is 9.12. The lowest BCUT2D eigenvalue weighted by atomic mass is 9.80. The standard InChI is InChI=1S/C21H23ClO5/c1-6-12(2)9-13(3)7-8-15-10-16-17(11-26-15)19(24)21(5,27-14(4)23)20(25)18(16)22/h7-12H,6H2,1-5H3/b8-7+,13-9+/t12-,21-/m1/s1. The summed E-state index contributed by atoms with van der Waals surface area (Å²) >= 11 is 6.20. The summed E-state index contributed by atoms with van der Waals surface area (Å²) in [4.78, 5) is 36.6. The van der Waals surface area contributed by atoms with Crippen molar-refractivity contribution in [2.45, 2.75) is 46.6 Å². The summed E-state index contributed by atoms with van der Waals surface area (Å²) in [6, 6.07) is 0. The minimum Gasteiger partial charge on any atom is -0.464 e. The summed E-state index contributed by atoms with van der Waals surface area (Å²) in [5.41, 5.74) is -0.529. The van der Waals surface area contributed by atoms with Gasteiger partial charge in [0.2, 0.25) is 17.2 Å². The van der Waals surface area contributed by atoms with E-state index in [-0.39, 0.29) is 16.2 Å². The maximum absolute atomic E-state index is 12.7. The van der Waals surface area contributed by atoms with Gasteiger partial charge in [-0.05, 0) is 31.9 Å². The summed E-state index contributed by atoms with van der Waals surface area (Å²) in [5.74, 6) is -1.24. The number of ether oxygens (including phenoxy) is 2. The lowest BCUT2D eigenvalue weighted by molar-refractivity contribution is -0.167. The molecule has 5 nitrogen and oxygen atoms in total. The van der Waals surface area contributed by atoms with E-state index in [4.69, 9.17) is 21.1 Å². The number of ketones is 2. The Hall–Kier alpha value is -2.40. The molecular formula is C21H23ClO5. The summed E-state index contributed by atoms with van der Waals surface area (Å²) in [6.45, 7) is 8.60. The Bertz CT molecular complexity index is 841. The fraction of sp³-hybridized carbons (Fsp3) is 0.381. The molecule has 0 unspecified atom stereocenters. The minimum absolute atomic E-state index is 0.104. The molecule has 0 saturated carbocycles. The van der Waals surface area contributed by atoms with Gasteiger partial charge in [-0.15, -0.1) is 0 Å². The molecule has 0 amide bonds. The molecule has 0 N–H and O–H groups in total. The van der Waals surface area contributed by atoms with Crippen LogP contribution in [0.2, 0.25) is 0 Å². The van der Waals surface area contributed by atoms with Crippen LogP contribution >= 0.6 is 11.6 Å². The maximum Gasteiger partial charge on any atom is 0.304 e. The normalized spacial score (nSPS) is 24.3. The fourth-order valence-electron chi connectivity index (χ4n) is 2.80. The second-order valence-corrected chi connectivity index (χ2v) is 7.22. The first-order chi connectivity index (χ1) is 12.6. The molecule has 0 aromatic heterocycles. The molecule has 6 heteroatoms. The van der Waals surface area contributed by atoms with E-state index in [0.29, 0.717) is 11.7 Å². The monoisotopic (exact) mass is 390 g/mol. The smallest absolute Gasteiger partial charge is 0.304 e. The van der Waals surface area contributed by atoms with Gasteiger partial charge in [0.25, 0.3) is 0 Å². The largest absolute Gasteiger partial charge is 0.464 e. The SMILES string of the molecule is CC[C@@H](C)/C=C(C)/C=C/C1=CC2=C(Cl)C(=O)[C@](C)(OC(C)=O)C(=O)C2=CO1. The van der Waals surface area contributed by atoms with E-state index in [9.17, 15) is 14.4 Å². The first kappa shape index (κ1) is 20.9. The van der Waals surface area contributed by atoms with E-state index in [0.717, 1.165) is 18.9 Å². The Kier molecular flexibility index (Phi) is 6.26. The minimum atomic E-state index is -1.97. The van der Waals surface area contributed by atoms with Crippen molar-refractivity contribution in [3.05, 3.63) is 58.1 Å². The van der Waals surface area contributed by atoms with Crippen LogP contribution in [0.5, 0.6) is 0 Å². The van der Waals surface area contributed by atoms with Crippen molar-refractivity contribution < 1.29 is 23.9 Å². The Balaban J connectivity index is 2.36. The summed E-state index contributed by atoms with van der Waals surface area (Å²) < 4.78 is 10.5. The van der Waals surface area contributed by atoms with Crippen molar-refractivity contribution in [1.82, 2.24) is 0 Å². The number of rotatable bonds is 5. The van der Waals surface area contributed by atoms with Gasteiger partial charge in [0, 0.05) is 12.5 Å². The van der Waals surface area contributed by atoms with E-state index < -0.39 is 23.1 Å². The summed E-state index contributed by atoms with van der Waals surface area (Å²) in [7, 11) is 0. The molecule has 2 atom stereocenters. The fourth-order valence-corrected chi connectivity index (χ4v) is 3.13. The topological polar surface area (TPSA) is 69.7 Å². The number of hydrogen-bond donors (Lipinski definition) is 0. The highest BCUT2D eigenvalue weighted by molar-refractivity contribution is 6.49. The summed E-state index contributed by atoms with van der Waals surface area (Å²) in [6.07, 6.45) is 9.60. The van der Waals surface area contributed by atoms with E-state index in [2.05, 4.69) is 19.9 Å². The Morgan fingerprint density at radius 1 is 1.33 bits per heavy atom. The molecule has 0 fully saturated rings. The zero-order valence-electron chi connectivity index (χ0n) is 16.1. The van der Waals surface area contributed by atoms with Crippen LogP contribution in [-0.4, -0.2) is 23.1 Å². The van der Waals surface area contributed by atoms with Crippen LogP contribution in [0, 0.1) is 5.92 Å². The molecule has 2 aliphatic rings. The van der Waals surface area contributed by atoms with E-state index in [1.807, 2.05) is 13.0 Å². The first-order valence-electron chi connectivity index (χ1n) is 8.74. The third-order valence-corrected chi connectivity index (χ3v) is 4.86. The van der Waals surface area contributed by atoms with Crippen LogP contribution < -0.4 is 0 Å². The number of hydrogen-bond acceptors (Lipinski definition) is 5. The zero-order valence-corrected chi connectivity index (χ0v) is 16.8. The van der Waals surface area contributed by atoms with Crippen molar-refractivity contribution in [3.63, 3.8) is 0 Å². The average Bonchev–Trinajstić information content (AvgIpc) is 2.62. The van der Waals surface area contributed by atoms with Gasteiger partial charge in [-0.25, -0.2) is 0 Å². The molecular weight excluding hydrogens is 368 g/mol. The Morgan fingerprint density at radius 2 is 2.00 bits per heavy atom. The molecule has 0 bridgehead atoms. The quantitative estimate of drug-likeness (QED) is 0.397. The number of esters is 1. The number of carbonyl (C=O) groups is 3. The summed E-state index contributed by atoms with van der Waals surface area (Å²) in [5, 5.41) is -0.161.